The lowest BCUT2D eigenvalue weighted by Gasteiger charge is -2.27. The van der Waals surface area contributed by atoms with Crippen molar-refractivity contribution in [3.05, 3.63) is 18.2 Å². The van der Waals surface area contributed by atoms with Gasteiger partial charge in [0.05, 0.1) is 18.7 Å². The summed E-state index contributed by atoms with van der Waals surface area (Å²) < 4.78 is 2.06. The summed E-state index contributed by atoms with van der Waals surface area (Å²) in [6.45, 7) is 5.58. The summed E-state index contributed by atoms with van der Waals surface area (Å²) in [5.74, 6) is 1.38. The van der Waals surface area contributed by atoms with Gasteiger partial charge in [0.15, 0.2) is 0 Å². The molecule has 6 heteroatoms. The fourth-order valence-corrected chi connectivity index (χ4v) is 2.89. The minimum Gasteiger partial charge on any atom is -0.394 e. The average Bonchev–Trinajstić information content (AvgIpc) is 3.06. The number of nitrogens with zero attached hydrogens (tertiary/aromatic N) is 2. The van der Waals surface area contributed by atoms with Crippen LogP contribution in [0.5, 0.6) is 0 Å². The molecule has 1 heterocycles. The molecule has 3 N–H and O–H groups in total. The van der Waals surface area contributed by atoms with E-state index >= 15 is 0 Å². The van der Waals surface area contributed by atoms with Crippen molar-refractivity contribution in [3.63, 3.8) is 0 Å². The van der Waals surface area contributed by atoms with Crippen molar-refractivity contribution in [3.8, 4) is 0 Å². The highest BCUT2D eigenvalue weighted by molar-refractivity contribution is 5.74. The number of carbonyl (C=O) groups is 1. The Morgan fingerprint density at radius 1 is 1.48 bits per heavy atom. The summed E-state index contributed by atoms with van der Waals surface area (Å²) in [6.07, 6.45) is 7.49. The van der Waals surface area contributed by atoms with Crippen LogP contribution in [0.25, 0.3) is 0 Å². The monoisotopic (exact) mass is 294 g/mol. The highest BCUT2D eigenvalue weighted by Gasteiger charge is 2.34. The Labute approximate surface area is 125 Å². The van der Waals surface area contributed by atoms with Gasteiger partial charge in [-0.05, 0) is 18.8 Å². The predicted molar refractivity (Wildman–Crippen MR) is 80.7 cm³/mol. The Morgan fingerprint density at radius 3 is 2.81 bits per heavy atom. The molecular formula is C15H26N4O2. The van der Waals surface area contributed by atoms with Crippen LogP contribution in [0.15, 0.2) is 12.4 Å². The SMILES string of the molecule is CC(C)Cn1ccnc1CNC(=O)NC1(CO)CCCC1. The normalized spacial score (nSPS) is 17.1. The van der Waals surface area contributed by atoms with E-state index < -0.39 is 5.54 Å². The van der Waals surface area contributed by atoms with E-state index in [9.17, 15) is 9.90 Å². The van der Waals surface area contributed by atoms with Crippen molar-refractivity contribution < 1.29 is 9.90 Å². The number of rotatable bonds is 6. The Kier molecular flexibility index (Phi) is 5.22. The van der Waals surface area contributed by atoms with Crippen molar-refractivity contribution in [2.75, 3.05) is 6.61 Å². The zero-order valence-corrected chi connectivity index (χ0v) is 12.9. The van der Waals surface area contributed by atoms with Crippen molar-refractivity contribution >= 4 is 6.03 Å². The van der Waals surface area contributed by atoms with Gasteiger partial charge in [-0.2, -0.15) is 0 Å². The number of amides is 2. The maximum atomic E-state index is 12.0. The van der Waals surface area contributed by atoms with E-state index in [0.717, 1.165) is 38.1 Å². The molecule has 0 spiro atoms. The summed E-state index contributed by atoms with van der Waals surface area (Å²) in [5.41, 5.74) is -0.433. The van der Waals surface area contributed by atoms with E-state index in [4.69, 9.17) is 0 Å². The van der Waals surface area contributed by atoms with Crippen LogP contribution in [-0.2, 0) is 13.1 Å². The van der Waals surface area contributed by atoms with E-state index in [1.54, 1.807) is 6.20 Å². The van der Waals surface area contributed by atoms with Crippen LogP contribution < -0.4 is 10.6 Å². The lowest BCUT2D eigenvalue weighted by Crippen LogP contribution is -2.52. The third-order valence-corrected chi connectivity index (χ3v) is 4.01. The summed E-state index contributed by atoms with van der Waals surface area (Å²) in [4.78, 5) is 16.3. The fourth-order valence-electron chi connectivity index (χ4n) is 2.89. The number of carbonyl (C=O) groups excluding carboxylic acids is 1. The first kappa shape index (κ1) is 15.8. The smallest absolute Gasteiger partial charge is 0.315 e. The molecule has 1 aromatic heterocycles. The quantitative estimate of drug-likeness (QED) is 0.746. The lowest BCUT2D eigenvalue weighted by atomic mass is 9.99. The molecule has 2 amide bonds. The molecule has 2 rings (SSSR count). The largest absolute Gasteiger partial charge is 0.394 e. The number of hydrogen-bond acceptors (Lipinski definition) is 3. The van der Waals surface area contributed by atoms with Gasteiger partial charge in [0.25, 0.3) is 0 Å². The Hall–Kier alpha value is -1.56. The lowest BCUT2D eigenvalue weighted by molar-refractivity contribution is 0.162. The second-order valence-corrected chi connectivity index (χ2v) is 6.34. The standard InChI is InChI=1S/C15H26N4O2/c1-12(2)10-19-8-7-16-13(19)9-17-14(21)18-15(11-20)5-3-4-6-15/h7-8,12,20H,3-6,9-11H2,1-2H3,(H2,17,18,21). The third-order valence-electron chi connectivity index (χ3n) is 4.01. The van der Waals surface area contributed by atoms with E-state index in [0.29, 0.717) is 12.5 Å². The zero-order valence-electron chi connectivity index (χ0n) is 12.9. The highest BCUT2D eigenvalue weighted by atomic mass is 16.3. The first-order valence-corrected chi connectivity index (χ1v) is 7.71. The molecular weight excluding hydrogens is 268 g/mol. The molecule has 0 unspecified atom stereocenters. The Balaban J connectivity index is 1.85. The zero-order chi connectivity index (χ0) is 15.3. The molecule has 0 saturated heterocycles. The van der Waals surface area contributed by atoms with Crippen molar-refractivity contribution in [1.82, 2.24) is 20.2 Å². The topological polar surface area (TPSA) is 79.2 Å². The summed E-state index contributed by atoms with van der Waals surface area (Å²) in [7, 11) is 0. The van der Waals surface area contributed by atoms with Gasteiger partial charge < -0.3 is 20.3 Å². The Morgan fingerprint density at radius 2 is 2.19 bits per heavy atom. The molecule has 0 aliphatic heterocycles. The van der Waals surface area contributed by atoms with Crippen LogP contribution in [0.1, 0.15) is 45.4 Å². The fraction of sp³-hybridized carbons (Fsp3) is 0.733. The van der Waals surface area contributed by atoms with E-state index in [2.05, 4.69) is 34.0 Å². The molecule has 21 heavy (non-hydrogen) atoms. The van der Waals surface area contributed by atoms with Gasteiger partial charge in [-0.25, -0.2) is 9.78 Å². The maximum Gasteiger partial charge on any atom is 0.315 e. The molecule has 1 aliphatic carbocycles. The number of hydrogen-bond donors (Lipinski definition) is 3. The van der Waals surface area contributed by atoms with Crippen LogP contribution in [0, 0.1) is 5.92 Å². The highest BCUT2D eigenvalue weighted by Crippen LogP contribution is 2.28. The van der Waals surface area contributed by atoms with Gasteiger partial charge in [0.1, 0.15) is 5.82 Å². The summed E-state index contributed by atoms with van der Waals surface area (Å²) in [5, 5.41) is 15.3. The number of urea groups is 1. The molecule has 1 saturated carbocycles. The van der Waals surface area contributed by atoms with Gasteiger partial charge >= 0.3 is 6.03 Å². The second-order valence-electron chi connectivity index (χ2n) is 6.34. The number of imidazole rings is 1. The van der Waals surface area contributed by atoms with Crippen molar-refractivity contribution in [2.45, 2.75) is 58.2 Å². The number of aliphatic hydroxyl groups is 1. The van der Waals surface area contributed by atoms with E-state index in [1.807, 2.05) is 6.20 Å². The Bertz CT molecular complexity index is 464. The molecule has 0 aromatic carbocycles. The molecule has 0 radical (unpaired) electrons. The van der Waals surface area contributed by atoms with Crippen LogP contribution >= 0.6 is 0 Å². The molecule has 1 aliphatic rings. The van der Waals surface area contributed by atoms with Crippen molar-refractivity contribution in [1.29, 1.82) is 0 Å². The molecule has 118 valence electrons. The number of aromatic nitrogens is 2. The number of nitrogens with one attached hydrogen (secondary N) is 2. The summed E-state index contributed by atoms with van der Waals surface area (Å²) >= 11 is 0. The molecule has 0 bridgehead atoms. The van der Waals surface area contributed by atoms with Crippen LogP contribution in [-0.4, -0.2) is 32.8 Å². The minimum atomic E-state index is -0.433. The second kappa shape index (κ2) is 6.93. The molecule has 6 nitrogen and oxygen atoms in total. The van der Waals surface area contributed by atoms with Gasteiger partial charge in [-0.1, -0.05) is 26.7 Å². The van der Waals surface area contributed by atoms with Gasteiger partial charge in [0.2, 0.25) is 0 Å². The molecule has 1 aromatic rings. The summed E-state index contributed by atoms with van der Waals surface area (Å²) in [6, 6.07) is -0.231. The van der Waals surface area contributed by atoms with Gasteiger partial charge in [-0.3, -0.25) is 0 Å². The number of aliphatic hydroxyl groups excluding tert-OH is 1. The molecule has 0 atom stereocenters. The molecule has 1 fully saturated rings. The first-order valence-electron chi connectivity index (χ1n) is 7.71. The maximum absolute atomic E-state index is 12.0. The first-order chi connectivity index (χ1) is 10.0. The average molecular weight is 294 g/mol. The van der Waals surface area contributed by atoms with Gasteiger partial charge in [0, 0.05) is 18.9 Å². The van der Waals surface area contributed by atoms with Crippen LogP contribution in [0.2, 0.25) is 0 Å². The van der Waals surface area contributed by atoms with Crippen LogP contribution in [0.4, 0.5) is 4.79 Å². The van der Waals surface area contributed by atoms with E-state index in [1.165, 1.54) is 0 Å². The van der Waals surface area contributed by atoms with Crippen molar-refractivity contribution in [2.24, 2.45) is 5.92 Å². The van der Waals surface area contributed by atoms with E-state index in [-0.39, 0.29) is 12.6 Å². The van der Waals surface area contributed by atoms with Gasteiger partial charge in [-0.15, -0.1) is 0 Å². The minimum absolute atomic E-state index is 0.00238. The van der Waals surface area contributed by atoms with Crippen LogP contribution in [0.3, 0.4) is 0 Å². The predicted octanol–water partition coefficient (Wildman–Crippen LogP) is 1.64. The third kappa shape index (κ3) is 4.20.